The Hall–Kier alpha value is -1.62. The van der Waals surface area contributed by atoms with Gasteiger partial charge in [-0.2, -0.15) is 0 Å². The predicted octanol–water partition coefficient (Wildman–Crippen LogP) is 1.55. The average Bonchev–Trinajstić information content (AvgIpc) is 2.50. The molecule has 20 heavy (non-hydrogen) atoms. The molecule has 0 aromatic heterocycles. The highest BCUT2D eigenvalue weighted by molar-refractivity contribution is 5.88. The lowest BCUT2D eigenvalue weighted by Crippen LogP contribution is -2.38. The molecule has 108 valence electrons. The lowest BCUT2D eigenvalue weighted by molar-refractivity contribution is 0.102. The summed E-state index contributed by atoms with van der Waals surface area (Å²) in [4.78, 5) is 0. The maximum atomic E-state index is 9.86. The van der Waals surface area contributed by atoms with Crippen molar-refractivity contribution < 1.29 is 14.9 Å². The Kier molecular flexibility index (Phi) is 5.35. The summed E-state index contributed by atoms with van der Waals surface area (Å²) in [7, 11) is 0. The first-order valence-corrected chi connectivity index (χ1v) is 6.83. The summed E-state index contributed by atoms with van der Waals surface area (Å²) in [5.74, 6) is 0.775. The van der Waals surface area contributed by atoms with Gasteiger partial charge in [-0.3, -0.25) is 0 Å². The molecular formula is C16H21NO3. The summed E-state index contributed by atoms with van der Waals surface area (Å²) in [5.41, 5.74) is 0. The van der Waals surface area contributed by atoms with Crippen LogP contribution in [-0.4, -0.2) is 42.1 Å². The van der Waals surface area contributed by atoms with Gasteiger partial charge in [0, 0.05) is 18.0 Å². The molecule has 0 saturated carbocycles. The average molecular weight is 275 g/mol. The smallest absolute Gasteiger partial charge is 0.127 e. The summed E-state index contributed by atoms with van der Waals surface area (Å²) in [6, 6.07) is 13.8. The van der Waals surface area contributed by atoms with Gasteiger partial charge in [0.15, 0.2) is 0 Å². The van der Waals surface area contributed by atoms with E-state index in [2.05, 4.69) is 5.32 Å². The Labute approximate surface area is 119 Å². The molecular weight excluding hydrogens is 254 g/mol. The second-order valence-electron chi connectivity index (χ2n) is 4.93. The van der Waals surface area contributed by atoms with Gasteiger partial charge in [0.2, 0.25) is 0 Å². The molecule has 0 radical (unpaired) electrons. The summed E-state index contributed by atoms with van der Waals surface area (Å²) in [6.45, 7) is 2.53. The van der Waals surface area contributed by atoms with Crippen molar-refractivity contribution >= 4 is 10.8 Å². The van der Waals surface area contributed by atoms with Crippen molar-refractivity contribution in [3.63, 3.8) is 0 Å². The van der Waals surface area contributed by atoms with E-state index < -0.39 is 6.10 Å². The van der Waals surface area contributed by atoms with Gasteiger partial charge >= 0.3 is 0 Å². The molecule has 0 amide bonds. The number of benzene rings is 2. The normalized spacial score (nSPS) is 14.2. The van der Waals surface area contributed by atoms with Gasteiger partial charge in [0.25, 0.3) is 0 Å². The minimum Gasteiger partial charge on any atom is -0.490 e. The number of ether oxygens (including phenoxy) is 1. The van der Waals surface area contributed by atoms with Gasteiger partial charge in [0.1, 0.15) is 18.5 Å². The third-order valence-electron chi connectivity index (χ3n) is 3.16. The fraction of sp³-hybridized carbons (Fsp3) is 0.375. The van der Waals surface area contributed by atoms with Gasteiger partial charge in [0.05, 0.1) is 6.61 Å². The van der Waals surface area contributed by atoms with E-state index >= 15 is 0 Å². The van der Waals surface area contributed by atoms with Crippen LogP contribution in [0.2, 0.25) is 0 Å². The Morgan fingerprint density at radius 1 is 1.15 bits per heavy atom. The molecule has 0 aliphatic carbocycles. The van der Waals surface area contributed by atoms with Crippen LogP contribution in [0.15, 0.2) is 42.5 Å². The zero-order valence-corrected chi connectivity index (χ0v) is 11.6. The maximum absolute atomic E-state index is 9.86. The van der Waals surface area contributed by atoms with Crippen LogP contribution in [0.5, 0.6) is 5.75 Å². The first-order chi connectivity index (χ1) is 9.70. The second-order valence-corrected chi connectivity index (χ2v) is 4.93. The van der Waals surface area contributed by atoms with Gasteiger partial charge in [-0.05, 0) is 18.4 Å². The molecule has 4 heteroatoms. The quantitative estimate of drug-likeness (QED) is 0.717. The fourth-order valence-corrected chi connectivity index (χ4v) is 1.97. The van der Waals surface area contributed by atoms with Crippen LogP contribution < -0.4 is 10.1 Å². The minimum atomic E-state index is -0.608. The Balaban J connectivity index is 1.92. The predicted molar refractivity (Wildman–Crippen MR) is 80.0 cm³/mol. The molecule has 0 aliphatic heterocycles. The van der Waals surface area contributed by atoms with Crippen LogP contribution >= 0.6 is 0 Å². The van der Waals surface area contributed by atoms with Crippen molar-refractivity contribution in [3.8, 4) is 5.75 Å². The van der Waals surface area contributed by atoms with E-state index in [1.807, 2.05) is 49.4 Å². The molecule has 0 fully saturated rings. The minimum absolute atomic E-state index is 0.0257. The van der Waals surface area contributed by atoms with E-state index in [-0.39, 0.29) is 19.3 Å². The summed E-state index contributed by atoms with van der Waals surface area (Å²) in [5, 5.41) is 23.9. The van der Waals surface area contributed by atoms with Crippen molar-refractivity contribution in [2.75, 3.05) is 19.8 Å². The van der Waals surface area contributed by atoms with Crippen LogP contribution in [0.1, 0.15) is 6.92 Å². The Bertz CT molecular complexity index is 539. The third kappa shape index (κ3) is 3.93. The van der Waals surface area contributed by atoms with E-state index in [1.54, 1.807) is 0 Å². The Morgan fingerprint density at radius 2 is 1.90 bits per heavy atom. The molecule has 2 rings (SSSR count). The number of hydrogen-bond donors (Lipinski definition) is 3. The molecule has 0 unspecified atom stereocenters. The van der Waals surface area contributed by atoms with E-state index in [4.69, 9.17) is 9.84 Å². The molecule has 0 spiro atoms. The number of hydrogen-bond acceptors (Lipinski definition) is 4. The number of aliphatic hydroxyl groups is 2. The summed E-state index contributed by atoms with van der Waals surface area (Å²) < 4.78 is 5.69. The molecule has 0 heterocycles. The molecule has 4 nitrogen and oxygen atoms in total. The standard InChI is InChI=1S/C16H21NO3/c1-12(10-18)17-9-14(19)11-20-16-8-4-6-13-5-2-3-7-15(13)16/h2-8,12,14,17-19H,9-11H2,1H3/t12-,14+/m1/s1. The zero-order chi connectivity index (χ0) is 14.4. The zero-order valence-electron chi connectivity index (χ0n) is 11.6. The summed E-state index contributed by atoms with van der Waals surface area (Å²) in [6.07, 6.45) is -0.608. The highest BCUT2D eigenvalue weighted by atomic mass is 16.5. The lowest BCUT2D eigenvalue weighted by Gasteiger charge is -2.16. The monoisotopic (exact) mass is 275 g/mol. The largest absolute Gasteiger partial charge is 0.490 e. The van der Waals surface area contributed by atoms with Crippen molar-refractivity contribution in [1.82, 2.24) is 5.32 Å². The number of rotatable bonds is 7. The maximum Gasteiger partial charge on any atom is 0.127 e. The fourth-order valence-electron chi connectivity index (χ4n) is 1.97. The molecule has 0 aliphatic rings. The van der Waals surface area contributed by atoms with E-state index in [9.17, 15) is 5.11 Å². The van der Waals surface area contributed by atoms with Crippen molar-refractivity contribution in [1.29, 1.82) is 0 Å². The van der Waals surface area contributed by atoms with Gasteiger partial charge in [-0.25, -0.2) is 0 Å². The van der Waals surface area contributed by atoms with Gasteiger partial charge in [-0.1, -0.05) is 36.4 Å². The first-order valence-electron chi connectivity index (χ1n) is 6.83. The van der Waals surface area contributed by atoms with Gasteiger partial charge in [-0.15, -0.1) is 0 Å². The summed E-state index contributed by atoms with van der Waals surface area (Å²) >= 11 is 0. The van der Waals surface area contributed by atoms with Crippen LogP contribution in [-0.2, 0) is 0 Å². The molecule has 2 aromatic rings. The van der Waals surface area contributed by atoms with Crippen LogP contribution in [0.4, 0.5) is 0 Å². The number of fused-ring (bicyclic) bond motifs is 1. The van der Waals surface area contributed by atoms with E-state index in [1.165, 1.54) is 0 Å². The molecule has 2 atom stereocenters. The van der Waals surface area contributed by atoms with E-state index in [0.29, 0.717) is 6.54 Å². The number of nitrogens with one attached hydrogen (secondary N) is 1. The van der Waals surface area contributed by atoms with E-state index in [0.717, 1.165) is 16.5 Å². The van der Waals surface area contributed by atoms with Crippen LogP contribution in [0, 0.1) is 0 Å². The third-order valence-corrected chi connectivity index (χ3v) is 3.16. The van der Waals surface area contributed by atoms with Crippen LogP contribution in [0.25, 0.3) is 10.8 Å². The van der Waals surface area contributed by atoms with Crippen molar-refractivity contribution in [2.24, 2.45) is 0 Å². The second kappa shape index (κ2) is 7.24. The lowest BCUT2D eigenvalue weighted by atomic mass is 10.1. The highest BCUT2D eigenvalue weighted by Gasteiger charge is 2.08. The van der Waals surface area contributed by atoms with Crippen molar-refractivity contribution in [2.45, 2.75) is 19.1 Å². The number of aliphatic hydroxyl groups excluding tert-OH is 2. The SMILES string of the molecule is C[C@H](CO)NC[C@H](O)COc1cccc2ccccc12. The van der Waals surface area contributed by atoms with Crippen LogP contribution in [0.3, 0.4) is 0 Å². The molecule has 0 bridgehead atoms. The van der Waals surface area contributed by atoms with Crippen molar-refractivity contribution in [3.05, 3.63) is 42.5 Å². The Morgan fingerprint density at radius 3 is 2.70 bits per heavy atom. The van der Waals surface area contributed by atoms with Gasteiger partial charge < -0.3 is 20.3 Å². The topological polar surface area (TPSA) is 61.7 Å². The first kappa shape index (κ1) is 14.8. The highest BCUT2D eigenvalue weighted by Crippen LogP contribution is 2.25. The molecule has 3 N–H and O–H groups in total. The molecule has 2 aromatic carbocycles. The molecule has 0 saturated heterocycles.